The SMILES string of the molecule is COCCOCCNC1CCC(Cc2nccc(/C=C3\SC(=O)NC3=O)n2)CC1. The van der Waals surface area contributed by atoms with E-state index in [0.717, 1.165) is 56.2 Å². The summed E-state index contributed by atoms with van der Waals surface area (Å²) in [6.07, 6.45) is 8.77. The molecule has 29 heavy (non-hydrogen) atoms. The highest BCUT2D eigenvalue weighted by atomic mass is 32.2. The van der Waals surface area contributed by atoms with Crippen molar-refractivity contribution in [3.63, 3.8) is 0 Å². The van der Waals surface area contributed by atoms with Crippen molar-refractivity contribution in [3.8, 4) is 0 Å². The minimum atomic E-state index is -0.366. The molecule has 0 atom stereocenters. The maximum absolute atomic E-state index is 11.7. The van der Waals surface area contributed by atoms with Gasteiger partial charge in [-0.25, -0.2) is 9.97 Å². The predicted molar refractivity (Wildman–Crippen MR) is 111 cm³/mol. The Hall–Kier alpha value is -1.81. The molecule has 8 nitrogen and oxygen atoms in total. The molecule has 1 aromatic heterocycles. The third-order valence-corrected chi connectivity index (χ3v) is 5.89. The van der Waals surface area contributed by atoms with Crippen LogP contribution in [-0.2, 0) is 20.7 Å². The van der Waals surface area contributed by atoms with E-state index in [9.17, 15) is 9.59 Å². The number of ether oxygens (including phenoxy) is 2. The summed E-state index contributed by atoms with van der Waals surface area (Å²) in [5.41, 5.74) is 0.658. The molecule has 2 N–H and O–H groups in total. The summed E-state index contributed by atoms with van der Waals surface area (Å²) in [5.74, 6) is 0.992. The molecule has 1 saturated carbocycles. The quantitative estimate of drug-likeness (QED) is 0.439. The summed E-state index contributed by atoms with van der Waals surface area (Å²) >= 11 is 0.901. The van der Waals surface area contributed by atoms with Gasteiger partial charge in [-0.3, -0.25) is 14.9 Å². The Balaban J connectivity index is 1.41. The highest BCUT2D eigenvalue weighted by Gasteiger charge is 2.25. The van der Waals surface area contributed by atoms with E-state index in [1.807, 2.05) is 0 Å². The van der Waals surface area contributed by atoms with E-state index in [4.69, 9.17) is 9.47 Å². The molecule has 0 aromatic carbocycles. The third kappa shape index (κ3) is 7.18. The lowest BCUT2D eigenvalue weighted by atomic mass is 9.84. The van der Waals surface area contributed by atoms with Gasteiger partial charge in [0.1, 0.15) is 5.82 Å². The van der Waals surface area contributed by atoms with Crippen molar-refractivity contribution in [1.82, 2.24) is 20.6 Å². The fourth-order valence-corrected chi connectivity index (χ4v) is 4.22. The van der Waals surface area contributed by atoms with Crippen molar-refractivity contribution >= 4 is 29.0 Å². The van der Waals surface area contributed by atoms with E-state index in [-0.39, 0.29) is 11.1 Å². The van der Waals surface area contributed by atoms with Crippen LogP contribution in [0, 0.1) is 5.92 Å². The van der Waals surface area contributed by atoms with E-state index in [2.05, 4.69) is 20.6 Å². The number of rotatable bonds is 10. The molecule has 1 saturated heterocycles. The van der Waals surface area contributed by atoms with Crippen LogP contribution in [0.1, 0.15) is 37.2 Å². The summed E-state index contributed by atoms with van der Waals surface area (Å²) < 4.78 is 10.4. The minimum absolute atomic E-state index is 0.345. The van der Waals surface area contributed by atoms with Crippen molar-refractivity contribution in [1.29, 1.82) is 0 Å². The summed E-state index contributed by atoms with van der Waals surface area (Å²) in [4.78, 5) is 32.3. The van der Waals surface area contributed by atoms with Crippen LogP contribution in [0.4, 0.5) is 4.79 Å². The zero-order chi connectivity index (χ0) is 20.5. The maximum Gasteiger partial charge on any atom is 0.290 e. The van der Waals surface area contributed by atoms with E-state index in [1.54, 1.807) is 25.4 Å². The standard InChI is InChI=1S/C20H28N4O4S/c1-27-10-11-28-9-8-21-15-4-2-14(3-5-15)12-18-22-7-6-16(23-18)13-17-19(25)24-20(26)29-17/h6-7,13-15,21H,2-5,8-12H2,1H3,(H,24,25,26)/b17-13-. The third-order valence-electron chi connectivity index (χ3n) is 5.08. The van der Waals surface area contributed by atoms with Gasteiger partial charge in [0, 0.05) is 32.3 Å². The van der Waals surface area contributed by atoms with Gasteiger partial charge in [-0.2, -0.15) is 0 Å². The molecule has 9 heteroatoms. The van der Waals surface area contributed by atoms with E-state index < -0.39 is 0 Å². The second kappa shape index (κ2) is 11.4. The van der Waals surface area contributed by atoms with E-state index in [1.165, 1.54) is 0 Å². The van der Waals surface area contributed by atoms with Gasteiger partial charge in [-0.15, -0.1) is 0 Å². The highest BCUT2D eigenvalue weighted by Crippen LogP contribution is 2.27. The normalized spacial score (nSPS) is 23.6. The number of aromatic nitrogens is 2. The van der Waals surface area contributed by atoms with Gasteiger partial charge in [-0.05, 0) is 55.5 Å². The van der Waals surface area contributed by atoms with Gasteiger partial charge in [0.2, 0.25) is 0 Å². The number of carbonyl (C=O) groups is 2. The van der Waals surface area contributed by atoms with Crippen LogP contribution in [0.5, 0.6) is 0 Å². The molecule has 0 bridgehead atoms. The largest absolute Gasteiger partial charge is 0.382 e. The predicted octanol–water partition coefficient (Wildman–Crippen LogP) is 2.15. The van der Waals surface area contributed by atoms with Crippen LogP contribution >= 0.6 is 11.8 Å². The lowest BCUT2D eigenvalue weighted by molar-refractivity contribution is -0.115. The van der Waals surface area contributed by atoms with Crippen molar-refractivity contribution in [2.45, 2.75) is 38.1 Å². The molecule has 158 valence electrons. The Morgan fingerprint density at radius 2 is 2.07 bits per heavy atom. The molecule has 0 spiro atoms. The van der Waals surface area contributed by atoms with Gasteiger partial charge in [0.25, 0.3) is 11.1 Å². The van der Waals surface area contributed by atoms with Crippen molar-refractivity contribution in [2.24, 2.45) is 5.92 Å². The van der Waals surface area contributed by atoms with Crippen LogP contribution < -0.4 is 10.6 Å². The van der Waals surface area contributed by atoms with Crippen molar-refractivity contribution in [3.05, 3.63) is 28.7 Å². The molecule has 1 aliphatic heterocycles. The Morgan fingerprint density at radius 1 is 1.24 bits per heavy atom. The van der Waals surface area contributed by atoms with Gasteiger partial charge >= 0.3 is 0 Å². The second-order valence-corrected chi connectivity index (χ2v) is 8.25. The number of hydrogen-bond acceptors (Lipinski definition) is 8. The molecular weight excluding hydrogens is 392 g/mol. The van der Waals surface area contributed by atoms with E-state index >= 15 is 0 Å². The monoisotopic (exact) mass is 420 g/mol. The molecule has 2 amide bonds. The number of methoxy groups -OCH3 is 1. The smallest absolute Gasteiger partial charge is 0.290 e. The molecule has 3 rings (SSSR count). The van der Waals surface area contributed by atoms with Crippen LogP contribution in [-0.4, -0.2) is 60.6 Å². The van der Waals surface area contributed by atoms with Crippen molar-refractivity contribution in [2.75, 3.05) is 33.5 Å². The van der Waals surface area contributed by atoms with Crippen molar-refractivity contribution < 1.29 is 19.1 Å². The highest BCUT2D eigenvalue weighted by molar-refractivity contribution is 8.18. The van der Waals surface area contributed by atoms with Crippen LogP contribution in [0.25, 0.3) is 6.08 Å². The summed E-state index contributed by atoms with van der Waals surface area (Å²) in [6.45, 7) is 2.85. The second-order valence-electron chi connectivity index (χ2n) is 7.23. The molecule has 1 aromatic rings. The summed E-state index contributed by atoms with van der Waals surface area (Å²) in [7, 11) is 1.67. The van der Waals surface area contributed by atoms with Gasteiger partial charge < -0.3 is 14.8 Å². The Bertz CT molecular complexity index is 735. The number of nitrogens with zero attached hydrogens (tertiary/aromatic N) is 2. The number of carbonyl (C=O) groups excluding carboxylic acids is 2. The molecule has 1 aliphatic carbocycles. The maximum atomic E-state index is 11.7. The van der Waals surface area contributed by atoms with Gasteiger partial charge in [-0.1, -0.05) is 0 Å². The number of nitrogens with one attached hydrogen (secondary N) is 2. The fourth-order valence-electron chi connectivity index (χ4n) is 3.56. The Labute approximate surface area is 175 Å². The first-order chi connectivity index (χ1) is 14.1. The number of amides is 2. The molecule has 0 radical (unpaired) electrons. The molecular formula is C20H28N4O4S. The first-order valence-corrected chi connectivity index (χ1v) is 10.8. The fraction of sp³-hybridized carbons (Fsp3) is 0.600. The number of imide groups is 1. The topological polar surface area (TPSA) is 102 Å². The molecule has 2 heterocycles. The number of thioether (sulfide) groups is 1. The van der Waals surface area contributed by atoms with Gasteiger partial charge in [0.05, 0.1) is 30.4 Å². The van der Waals surface area contributed by atoms with Crippen LogP contribution in [0.2, 0.25) is 0 Å². The first kappa shape index (κ1) is 21.9. The molecule has 2 fully saturated rings. The zero-order valence-electron chi connectivity index (χ0n) is 16.7. The molecule has 2 aliphatic rings. The lowest BCUT2D eigenvalue weighted by Crippen LogP contribution is -2.35. The zero-order valence-corrected chi connectivity index (χ0v) is 17.5. The summed E-state index contributed by atoms with van der Waals surface area (Å²) in [6, 6.07) is 2.30. The average Bonchev–Trinajstić information content (AvgIpc) is 3.03. The average molecular weight is 421 g/mol. The Morgan fingerprint density at radius 3 is 2.79 bits per heavy atom. The summed E-state index contributed by atoms with van der Waals surface area (Å²) in [5, 5.41) is 5.48. The lowest BCUT2D eigenvalue weighted by Gasteiger charge is -2.29. The van der Waals surface area contributed by atoms with Gasteiger partial charge in [0.15, 0.2) is 0 Å². The van der Waals surface area contributed by atoms with E-state index in [0.29, 0.717) is 42.4 Å². The van der Waals surface area contributed by atoms with Crippen LogP contribution in [0.15, 0.2) is 17.2 Å². The molecule has 0 unspecified atom stereocenters. The Kier molecular flexibility index (Phi) is 8.60. The number of hydrogen-bond donors (Lipinski definition) is 2. The minimum Gasteiger partial charge on any atom is -0.382 e. The van der Waals surface area contributed by atoms with Crippen LogP contribution in [0.3, 0.4) is 0 Å². The first-order valence-electron chi connectivity index (χ1n) is 10.0.